The molecule has 1 aromatic carbocycles. The molecule has 1 rings (SSSR count). The molecule has 0 aromatic heterocycles. The second-order valence-electron chi connectivity index (χ2n) is 2.81. The number of aliphatic carboxylic acids is 1. The van der Waals surface area contributed by atoms with Crippen LogP contribution in [0, 0.1) is 0 Å². The molecule has 0 fully saturated rings. The Morgan fingerprint density at radius 2 is 1.80 bits per heavy atom. The number of hydrogen-bond donors (Lipinski definition) is 0. The number of para-hydroxylation sites is 1. The maximum atomic E-state index is 11.1. The molecule has 0 radical (unpaired) electrons. The summed E-state index contributed by atoms with van der Waals surface area (Å²) in [7, 11) is 0. The van der Waals surface area contributed by atoms with E-state index in [9.17, 15) is 14.7 Å². The monoisotopic (exact) mass is 231 g/mol. The molecular weight excluding hydrogens is 221 g/mol. The van der Waals surface area contributed by atoms with Crippen LogP contribution in [0.5, 0.6) is 0 Å². The number of carboxylic acid groups (broad SMARTS) is 1. The van der Waals surface area contributed by atoms with E-state index < -0.39 is 12.5 Å². The van der Waals surface area contributed by atoms with Crippen LogP contribution in [-0.2, 0) is 9.59 Å². The Bertz CT molecular complexity index is 340. The van der Waals surface area contributed by atoms with Crippen molar-refractivity contribution in [2.75, 3.05) is 11.4 Å². The van der Waals surface area contributed by atoms with Gasteiger partial charge in [0.25, 0.3) is 0 Å². The topological polar surface area (TPSA) is 60.4 Å². The normalized spacial score (nSPS) is 8.87. The molecule has 0 aliphatic heterocycles. The molecule has 0 saturated heterocycles. The molecule has 4 nitrogen and oxygen atoms in total. The van der Waals surface area contributed by atoms with Crippen LogP contribution >= 0.6 is 0 Å². The van der Waals surface area contributed by atoms with Gasteiger partial charge in [-0.1, -0.05) is 18.2 Å². The zero-order chi connectivity index (χ0) is 10.6. The number of rotatable bonds is 3. The minimum absolute atomic E-state index is 0. The zero-order valence-corrected chi connectivity index (χ0v) is 11.9. The molecule has 15 heavy (non-hydrogen) atoms. The van der Waals surface area contributed by atoms with E-state index in [0.717, 1.165) is 4.90 Å². The predicted molar refractivity (Wildman–Crippen MR) is 49.5 cm³/mol. The van der Waals surface area contributed by atoms with Crippen molar-refractivity contribution in [2.24, 2.45) is 0 Å². The predicted octanol–water partition coefficient (Wildman–Crippen LogP) is -3.21. The third kappa shape index (κ3) is 4.90. The van der Waals surface area contributed by atoms with Gasteiger partial charge in [0.05, 0.1) is 12.5 Å². The number of benzene rings is 1. The molecule has 74 valence electrons. The summed E-state index contributed by atoms with van der Waals surface area (Å²) in [6.45, 7) is 0.898. The Kier molecular flexibility index (Phi) is 7.04. The van der Waals surface area contributed by atoms with E-state index in [0.29, 0.717) is 5.69 Å². The molecule has 0 unspecified atom stereocenters. The summed E-state index contributed by atoms with van der Waals surface area (Å²) in [5.41, 5.74) is 0.559. The van der Waals surface area contributed by atoms with Gasteiger partial charge in [-0.3, -0.25) is 4.79 Å². The molecule has 0 aliphatic carbocycles. The van der Waals surface area contributed by atoms with E-state index in [1.807, 2.05) is 0 Å². The average molecular weight is 231 g/mol. The molecule has 0 heterocycles. The van der Waals surface area contributed by atoms with Gasteiger partial charge in [0.15, 0.2) is 0 Å². The van der Waals surface area contributed by atoms with Crippen LogP contribution in [0.2, 0.25) is 0 Å². The van der Waals surface area contributed by atoms with Gasteiger partial charge in [0, 0.05) is 12.6 Å². The van der Waals surface area contributed by atoms with Gasteiger partial charge in [-0.15, -0.1) is 0 Å². The van der Waals surface area contributed by atoms with E-state index >= 15 is 0 Å². The van der Waals surface area contributed by atoms with Gasteiger partial charge in [0.2, 0.25) is 5.91 Å². The van der Waals surface area contributed by atoms with Crippen molar-refractivity contribution in [3.63, 3.8) is 0 Å². The van der Waals surface area contributed by atoms with Crippen LogP contribution in [0.4, 0.5) is 5.69 Å². The number of hydrogen-bond acceptors (Lipinski definition) is 3. The largest absolute Gasteiger partial charge is 1.00 e. The first-order valence-electron chi connectivity index (χ1n) is 4.14. The van der Waals surface area contributed by atoms with Gasteiger partial charge in [-0.05, 0) is 12.1 Å². The summed E-state index contributed by atoms with van der Waals surface area (Å²) in [5.74, 6) is -1.59. The number of anilines is 1. The molecule has 0 spiro atoms. The summed E-state index contributed by atoms with van der Waals surface area (Å²) in [6.07, 6.45) is 0. The summed E-state index contributed by atoms with van der Waals surface area (Å²) < 4.78 is 0. The smallest absolute Gasteiger partial charge is 0.548 e. The number of carbonyl (C=O) groups excluding carboxylic acids is 2. The van der Waals surface area contributed by atoms with Crippen LogP contribution in [0.15, 0.2) is 30.3 Å². The zero-order valence-electron chi connectivity index (χ0n) is 8.77. The van der Waals surface area contributed by atoms with E-state index in [-0.39, 0.29) is 57.3 Å². The maximum Gasteiger partial charge on any atom is 1.00 e. The summed E-state index contributed by atoms with van der Waals surface area (Å²) in [4.78, 5) is 22.6. The second-order valence-corrected chi connectivity index (χ2v) is 2.81. The molecule has 0 aliphatic rings. The van der Waals surface area contributed by atoms with E-state index in [1.165, 1.54) is 6.92 Å². The standard InChI is InChI=1S/C10H11NO3.K/c1-8(12)11(7-10(13)14)9-5-3-2-4-6-9;/h2-6H,7H2,1H3,(H,13,14);/q;+1/p-1. The molecule has 1 amide bonds. The molecule has 0 N–H and O–H groups in total. The molecule has 1 aromatic rings. The van der Waals surface area contributed by atoms with Crippen molar-refractivity contribution >= 4 is 17.6 Å². The molecule has 0 saturated carbocycles. The maximum absolute atomic E-state index is 11.1. The van der Waals surface area contributed by atoms with Crippen LogP contribution in [0.25, 0.3) is 0 Å². The van der Waals surface area contributed by atoms with E-state index in [1.54, 1.807) is 30.3 Å². The molecule has 5 heteroatoms. The van der Waals surface area contributed by atoms with Gasteiger partial charge < -0.3 is 14.8 Å². The van der Waals surface area contributed by atoms with Crippen LogP contribution < -0.4 is 61.4 Å². The minimum atomic E-state index is -1.27. The van der Waals surface area contributed by atoms with Gasteiger partial charge in [-0.2, -0.15) is 0 Å². The molecule has 0 atom stereocenters. The second kappa shape index (κ2) is 7.13. The third-order valence-electron chi connectivity index (χ3n) is 1.74. The Balaban J connectivity index is 0.00000196. The first-order chi connectivity index (χ1) is 6.61. The number of carboxylic acids is 1. The molecule has 0 bridgehead atoms. The van der Waals surface area contributed by atoms with Crippen molar-refractivity contribution in [1.82, 2.24) is 0 Å². The van der Waals surface area contributed by atoms with E-state index in [2.05, 4.69) is 0 Å². The Morgan fingerprint density at radius 3 is 2.20 bits per heavy atom. The van der Waals surface area contributed by atoms with Crippen LogP contribution in [0.1, 0.15) is 6.92 Å². The Labute approximate surface area is 131 Å². The van der Waals surface area contributed by atoms with Crippen molar-refractivity contribution in [2.45, 2.75) is 6.92 Å². The fourth-order valence-corrected chi connectivity index (χ4v) is 1.12. The summed E-state index contributed by atoms with van der Waals surface area (Å²) in [6, 6.07) is 8.61. The Hall–Kier alpha value is -0.204. The molecular formula is C10H10KNO3. The minimum Gasteiger partial charge on any atom is -0.548 e. The van der Waals surface area contributed by atoms with Gasteiger partial charge >= 0.3 is 51.4 Å². The van der Waals surface area contributed by atoms with E-state index in [4.69, 9.17) is 0 Å². The number of amides is 1. The number of carbonyl (C=O) groups is 2. The van der Waals surface area contributed by atoms with Crippen molar-refractivity contribution in [1.29, 1.82) is 0 Å². The van der Waals surface area contributed by atoms with Crippen molar-refractivity contribution < 1.29 is 66.1 Å². The van der Waals surface area contributed by atoms with Gasteiger partial charge in [-0.25, -0.2) is 0 Å². The van der Waals surface area contributed by atoms with Crippen molar-refractivity contribution in [3.8, 4) is 0 Å². The average Bonchev–Trinajstić information content (AvgIpc) is 2.15. The first kappa shape index (κ1) is 14.8. The van der Waals surface area contributed by atoms with Gasteiger partial charge in [0.1, 0.15) is 0 Å². The summed E-state index contributed by atoms with van der Waals surface area (Å²) in [5, 5.41) is 10.4. The van der Waals surface area contributed by atoms with Crippen LogP contribution in [-0.4, -0.2) is 18.4 Å². The van der Waals surface area contributed by atoms with Crippen molar-refractivity contribution in [3.05, 3.63) is 30.3 Å². The summed E-state index contributed by atoms with van der Waals surface area (Å²) >= 11 is 0. The quantitative estimate of drug-likeness (QED) is 0.515. The van der Waals surface area contributed by atoms with Crippen LogP contribution in [0.3, 0.4) is 0 Å². The number of nitrogens with zero attached hydrogens (tertiary/aromatic N) is 1. The first-order valence-corrected chi connectivity index (χ1v) is 4.14. The SMILES string of the molecule is CC(=O)N(CC(=O)[O-])c1ccccc1.[K+]. The Morgan fingerprint density at radius 1 is 1.27 bits per heavy atom. The third-order valence-corrected chi connectivity index (χ3v) is 1.74. The fraction of sp³-hybridized carbons (Fsp3) is 0.200. The fourth-order valence-electron chi connectivity index (χ4n) is 1.12.